The highest BCUT2D eigenvalue weighted by molar-refractivity contribution is 6.33. The molecule has 0 spiro atoms. The first-order chi connectivity index (χ1) is 15.8. The van der Waals surface area contributed by atoms with Crippen molar-refractivity contribution in [3.8, 4) is 5.75 Å². The van der Waals surface area contributed by atoms with E-state index in [0.717, 1.165) is 57.8 Å². The summed E-state index contributed by atoms with van der Waals surface area (Å²) in [6.07, 6.45) is 4.24. The van der Waals surface area contributed by atoms with Crippen molar-refractivity contribution >= 4 is 29.1 Å². The van der Waals surface area contributed by atoms with Crippen LogP contribution in [0.25, 0.3) is 0 Å². The molecule has 2 amide bonds. The van der Waals surface area contributed by atoms with Crippen molar-refractivity contribution in [3.63, 3.8) is 0 Å². The van der Waals surface area contributed by atoms with Crippen molar-refractivity contribution in [2.45, 2.75) is 51.2 Å². The van der Waals surface area contributed by atoms with Gasteiger partial charge in [0, 0.05) is 45.8 Å². The van der Waals surface area contributed by atoms with Crippen molar-refractivity contribution in [1.82, 2.24) is 15.1 Å². The largest absolute Gasteiger partial charge is 0.496 e. The minimum atomic E-state index is -0.268. The van der Waals surface area contributed by atoms with Gasteiger partial charge in [0.05, 0.1) is 35.5 Å². The third kappa shape index (κ3) is 6.74. The Hall–Kier alpha value is -2.03. The Morgan fingerprint density at radius 2 is 1.91 bits per heavy atom. The molecule has 2 saturated heterocycles. The maximum atomic E-state index is 12.9. The number of nitrogen functional groups attached to an aromatic ring is 1. The van der Waals surface area contributed by atoms with Crippen LogP contribution in [-0.2, 0) is 9.53 Å². The minimum Gasteiger partial charge on any atom is -0.496 e. The second-order valence-electron chi connectivity index (χ2n) is 9.18. The van der Waals surface area contributed by atoms with E-state index in [1.54, 1.807) is 13.2 Å². The number of nitrogens with two attached hydrogens (primary N) is 1. The van der Waals surface area contributed by atoms with E-state index in [2.05, 4.69) is 17.1 Å². The van der Waals surface area contributed by atoms with Gasteiger partial charge in [-0.3, -0.25) is 9.59 Å². The summed E-state index contributed by atoms with van der Waals surface area (Å²) in [6.45, 7) is 6.41. The molecule has 0 aliphatic carbocycles. The number of nitrogens with one attached hydrogen (secondary N) is 1. The summed E-state index contributed by atoms with van der Waals surface area (Å²) < 4.78 is 11.0. The van der Waals surface area contributed by atoms with Crippen molar-refractivity contribution in [1.29, 1.82) is 0 Å². The van der Waals surface area contributed by atoms with Crippen molar-refractivity contribution in [2.75, 3.05) is 52.7 Å². The highest BCUT2D eigenvalue weighted by Crippen LogP contribution is 2.29. The Kier molecular flexibility index (Phi) is 9.23. The van der Waals surface area contributed by atoms with E-state index < -0.39 is 0 Å². The van der Waals surface area contributed by atoms with Gasteiger partial charge in [0.25, 0.3) is 5.91 Å². The second kappa shape index (κ2) is 11.9. The maximum Gasteiger partial charge on any atom is 0.255 e. The molecule has 0 bridgehead atoms. The van der Waals surface area contributed by atoms with E-state index in [1.807, 2.05) is 4.90 Å². The standard InChI is InChI=1S/C24H37ClN4O4/c1-16-6-11-29(12-7-16)23(30)5-4-9-28-10-8-20(22(15-28)33-3)27-24(31)17-13-18(25)19(26)14-21(17)32-2/h13-14,16,20,22H,4-12,15,26H2,1-3H3,(H,27,31). The van der Waals surface area contributed by atoms with Crippen LogP contribution in [0.4, 0.5) is 5.69 Å². The van der Waals surface area contributed by atoms with Gasteiger partial charge >= 0.3 is 0 Å². The molecule has 3 N–H and O–H groups in total. The third-order valence-corrected chi connectivity index (χ3v) is 7.15. The SMILES string of the molecule is COc1cc(N)c(Cl)cc1C(=O)NC1CCN(CCCC(=O)N2CCC(C)CC2)CC1OC. The van der Waals surface area contributed by atoms with E-state index in [1.165, 1.54) is 13.2 Å². The maximum absolute atomic E-state index is 12.9. The molecule has 1 aromatic carbocycles. The van der Waals surface area contributed by atoms with Crippen molar-refractivity contribution in [3.05, 3.63) is 22.7 Å². The fraction of sp³-hybridized carbons (Fsp3) is 0.667. The number of likely N-dealkylation sites (tertiary alicyclic amines) is 2. The minimum absolute atomic E-state index is 0.128. The van der Waals surface area contributed by atoms with Crippen LogP contribution < -0.4 is 15.8 Å². The Morgan fingerprint density at radius 1 is 1.18 bits per heavy atom. The van der Waals surface area contributed by atoms with Gasteiger partial charge in [-0.15, -0.1) is 0 Å². The van der Waals surface area contributed by atoms with E-state index in [-0.39, 0.29) is 24.0 Å². The number of rotatable bonds is 8. The van der Waals surface area contributed by atoms with Crippen LogP contribution in [0, 0.1) is 5.92 Å². The Bertz CT molecular complexity index is 829. The fourth-order valence-electron chi connectivity index (χ4n) is 4.62. The molecule has 2 unspecified atom stereocenters. The van der Waals surface area contributed by atoms with Crippen molar-refractivity contribution in [2.24, 2.45) is 5.92 Å². The number of benzene rings is 1. The first-order valence-corrected chi connectivity index (χ1v) is 12.2. The Balaban J connectivity index is 1.48. The van der Waals surface area contributed by atoms with Gasteiger partial charge in [0.2, 0.25) is 5.91 Å². The third-order valence-electron chi connectivity index (χ3n) is 6.83. The number of halogens is 1. The zero-order valence-corrected chi connectivity index (χ0v) is 20.7. The van der Waals surface area contributed by atoms with Crippen LogP contribution >= 0.6 is 11.6 Å². The summed E-state index contributed by atoms with van der Waals surface area (Å²) in [6, 6.07) is 2.96. The lowest BCUT2D eigenvalue weighted by Crippen LogP contribution is -2.55. The molecular formula is C24H37ClN4O4. The molecular weight excluding hydrogens is 444 g/mol. The summed E-state index contributed by atoms with van der Waals surface area (Å²) in [5.74, 6) is 1.10. The average molecular weight is 481 g/mol. The van der Waals surface area contributed by atoms with Crippen LogP contribution in [0.15, 0.2) is 12.1 Å². The predicted molar refractivity (Wildman–Crippen MR) is 130 cm³/mol. The number of amides is 2. The summed E-state index contributed by atoms with van der Waals surface area (Å²) in [5, 5.41) is 3.38. The lowest BCUT2D eigenvalue weighted by atomic mass is 9.99. The van der Waals surface area contributed by atoms with Gasteiger partial charge in [0.1, 0.15) is 5.75 Å². The number of ether oxygens (including phenoxy) is 2. The van der Waals surface area contributed by atoms with Crippen LogP contribution in [-0.4, -0.2) is 80.7 Å². The number of carbonyl (C=O) groups excluding carboxylic acids is 2. The molecule has 2 aliphatic heterocycles. The number of hydrogen-bond donors (Lipinski definition) is 2. The number of piperidine rings is 2. The van der Waals surface area contributed by atoms with Gasteiger partial charge in [-0.1, -0.05) is 18.5 Å². The summed E-state index contributed by atoms with van der Waals surface area (Å²) >= 11 is 6.11. The first-order valence-electron chi connectivity index (χ1n) is 11.8. The van der Waals surface area contributed by atoms with Crippen LogP contribution in [0.1, 0.15) is 49.4 Å². The van der Waals surface area contributed by atoms with Gasteiger partial charge in [0.15, 0.2) is 0 Å². The molecule has 2 atom stereocenters. The number of methoxy groups -OCH3 is 2. The summed E-state index contributed by atoms with van der Waals surface area (Å²) in [5.41, 5.74) is 6.53. The van der Waals surface area contributed by atoms with Crippen LogP contribution in [0.2, 0.25) is 5.02 Å². The summed E-state index contributed by atoms with van der Waals surface area (Å²) in [7, 11) is 3.15. The number of nitrogens with zero attached hydrogens (tertiary/aromatic N) is 2. The molecule has 0 aromatic heterocycles. The average Bonchev–Trinajstić information content (AvgIpc) is 2.81. The fourth-order valence-corrected chi connectivity index (χ4v) is 4.78. The summed E-state index contributed by atoms with van der Waals surface area (Å²) in [4.78, 5) is 29.7. The topological polar surface area (TPSA) is 97.1 Å². The highest BCUT2D eigenvalue weighted by Gasteiger charge is 2.31. The lowest BCUT2D eigenvalue weighted by Gasteiger charge is -2.38. The monoisotopic (exact) mass is 480 g/mol. The van der Waals surface area contributed by atoms with E-state index in [0.29, 0.717) is 35.0 Å². The normalized spacial score (nSPS) is 22.2. The molecule has 2 fully saturated rings. The van der Waals surface area contributed by atoms with E-state index >= 15 is 0 Å². The van der Waals surface area contributed by atoms with Gasteiger partial charge in [-0.05, 0) is 44.2 Å². The smallest absolute Gasteiger partial charge is 0.255 e. The Labute approximate surface area is 201 Å². The van der Waals surface area contributed by atoms with Gasteiger partial charge in [-0.25, -0.2) is 0 Å². The molecule has 9 heteroatoms. The number of carbonyl (C=O) groups is 2. The molecule has 8 nitrogen and oxygen atoms in total. The van der Waals surface area contributed by atoms with Gasteiger partial charge < -0.3 is 30.3 Å². The molecule has 3 rings (SSSR count). The quantitative estimate of drug-likeness (QED) is 0.555. The predicted octanol–water partition coefficient (Wildman–Crippen LogP) is 2.79. The highest BCUT2D eigenvalue weighted by atomic mass is 35.5. The van der Waals surface area contributed by atoms with Crippen LogP contribution in [0.3, 0.4) is 0 Å². The molecule has 0 saturated carbocycles. The zero-order chi connectivity index (χ0) is 24.0. The van der Waals surface area contributed by atoms with Gasteiger partial charge in [-0.2, -0.15) is 0 Å². The lowest BCUT2D eigenvalue weighted by molar-refractivity contribution is -0.132. The molecule has 33 heavy (non-hydrogen) atoms. The molecule has 1 aromatic rings. The number of hydrogen-bond acceptors (Lipinski definition) is 6. The van der Waals surface area contributed by atoms with E-state index in [9.17, 15) is 9.59 Å². The first kappa shape index (κ1) is 25.6. The van der Waals surface area contributed by atoms with Crippen LogP contribution in [0.5, 0.6) is 5.75 Å². The molecule has 0 radical (unpaired) electrons. The number of anilines is 1. The molecule has 2 aliphatic rings. The zero-order valence-electron chi connectivity index (χ0n) is 19.9. The van der Waals surface area contributed by atoms with Crippen molar-refractivity contribution < 1.29 is 19.1 Å². The Morgan fingerprint density at radius 3 is 2.58 bits per heavy atom. The molecule has 2 heterocycles. The molecule has 184 valence electrons. The van der Waals surface area contributed by atoms with E-state index in [4.69, 9.17) is 26.8 Å². The second-order valence-corrected chi connectivity index (χ2v) is 9.59.